The van der Waals surface area contributed by atoms with Gasteiger partial charge < -0.3 is 15.0 Å². The van der Waals surface area contributed by atoms with Crippen LogP contribution in [0.1, 0.15) is 15.9 Å². The van der Waals surface area contributed by atoms with Gasteiger partial charge in [-0.2, -0.15) is 0 Å². The second-order valence-corrected chi connectivity index (χ2v) is 6.40. The molecule has 1 N–H and O–H groups in total. The number of ether oxygens (including phenoxy) is 1. The normalized spacial score (nSPS) is 10.6. The summed E-state index contributed by atoms with van der Waals surface area (Å²) in [5.41, 5.74) is 1.68. The smallest absolute Gasteiger partial charge is 0.251 e. The Morgan fingerprint density at radius 2 is 1.91 bits per heavy atom. The number of nitrogens with one attached hydrogen (secondary N) is 1. The highest BCUT2D eigenvalue weighted by Gasteiger charge is 2.05. The number of nitrogens with zero attached hydrogens (tertiary/aromatic N) is 1. The second kappa shape index (κ2) is 8.70. The summed E-state index contributed by atoms with van der Waals surface area (Å²) in [6.07, 6.45) is 0. The number of benzene rings is 2. The van der Waals surface area contributed by atoms with Gasteiger partial charge in [-0.25, -0.2) is 0 Å². The number of rotatable bonds is 7. The average molecular weight is 377 g/mol. The van der Waals surface area contributed by atoms with Crippen molar-refractivity contribution < 1.29 is 9.53 Å². The van der Waals surface area contributed by atoms with E-state index >= 15 is 0 Å². The molecule has 0 spiro atoms. The molecule has 0 fully saturated rings. The molecule has 0 aliphatic rings. The van der Waals surface area contributed by atoms with Crippen molar-refractivity contribution in [3.8, 4) is 5.75 Å². The second-order valence-electron chi connectivity index (χ2n) is 5.49. The van der Waals surface area contributed by atoms with Crippen LogP contribution in [0.25, 0.3) is 0 Å². The minimum Gasteiger partial charge on any atom is -0.492 e. The molecule has 0 aliphatic heterocycles. The van der Waals surface area contributed by atoms with E-state index in [9.17, 15) is 4.79 Å². The molecular formula is C18H21BrN2O2. The van der Waals surface area contributed by atoms with Gasteiger partial charge in [0.05, 0.1) is 0 Å². The molecule has 0 heterocycles. The van der Waals surface area contributed by atoms with Crippen LogP contribution in [0.3, 0.4) is 0 Å². The molecule has 0 bridgehead atoms. The maximum absolute atomic E-state index is 12.1. The first-order valence-electron chi connectivity index (χ1n) is 7.45. The van der Waals surface area contributed by atoms with Gasteiger partial charge in [-0.05, 0) is 50.0 Å². The van der Waals surface area contributed by atoms with E-state index in [4.69, 9.17) is 4.74 Å². The van der Waals surface area contributed by atoms with Crippen LogP contribution in [0, 0.1) is 0 Å². The van der Waals surface area contributed by atoms with E-state index in [0.29, 0.717) is 18.7 Å². The number of amides is 1. The van der Waals surface area contributed by atoms with Crippen LogP contribution in [0.15, 0.2) is 53.0 Å². The molecule has 0 unspecified atom stereocenters. The maximum Gasteiger partial charge on any atom is 0.251 e. The summed E-state index contributed by atoms with van der Waals surface area (Å²) in [7, 11) is 4.03. The minimum absolute atomic E-state index is 0.0855. The van der Waals surface area contributed by atoms with Crippen LogP contribution >= 0.6 is 15.9 Å². The Labute approximate surface area is 145 Å². The zero-order valence-corrected chi connectivity index (χ0v) is 15.0. The van der Waals surface area contributed by atoms with Gasteiger partial charge in [0.15, 0.2) is 0 Å². The molecule has 4 nitrogen and oxygen atoms in total. The summed E-state index contributed by atoms with van der Waals surface area (Å²) >= 11 is 3.37. The molecule has 2 aromatic rings. The summed E-state index contributed by atoms with van der Waals surface area (Å²) in [4.78, 5) is 14.2. The Balaban J connectivity index is 1.83. The first-order chi connectivity index (χ1) is 11.0. The lowest BCUT2D eigenvalue weighted by atomic mass is 10.2. The summed E-state index contributed by atoms with van der Waals surface area (Å²) in [6.45, 7) is 2.03. The van der Waals surface area contributed by atoms with Crippen molar-refractivity contribution in [3.63, 3.8) is 0 Å². The summed E-state index contributed by atoms with van der Waals surface area (Å²) in [5, 5.41) is 2.91. The average Bonchev–Trinajstić information content (AvgIpc) is 2.53. The van der Waals surface area contributed by atoms with Gasteiger partial charge in [0.2, 0.25) is 0 Å². The number of likely N-dealkylation sites (N-methyl/N-ethyl adjacent to an activating group) is 1. The van der Waals surface area contributed by atoms with Crippen molar-refractivity contribution in [1.82, 2.24) is 10.2 Å². The number of hydrogen-bond donors (Lipinski definition) is 1. The van der Waals surface area contributed by atoms with Crippen LogP contribution in [0.4, 0.5) is 0 Å². The quantitative estimate of drug-likeness (QED) is 0.805. The monoisotopic (exact) mass is 376 g/mol. The van der Waals surface area contributed by atoms with E-state index in [1.54, 1.807) is 12.1 Å². The fraction of sp³-hybridized carbons (Fsp3) is 0.278. The molecule has 23 heavy (non-hydrogen) atoms. The number of halogens is 1. The Bertz CT molecular complexity index is 642. The first-order valence-corrected chi connectivity index (χ1v) is 8.24. The molecular weight excluding hydrogens is 356 g/mol. The van der Waals surface area contributed by atoms with Gasteiger partial charge in [0, 0.05) is 23.1 Å². The van der Waals surface area contributed by atoms with Crippen molar-refractivity contribution in [1.29, 1.82) is 0 Å². The molecule has 2 rings (SSSR count). The Hall–Kier alpha value is -1.85. The largest absolute Gasteiger partial charge is 0.492 e. The van der Waals surface area contributed by atoms with Crippen LogP contribution in [0.2, 0.25) is 0 Å². The number of carbonyl (C=O) groups excluding carboxylic acids is 1. The van der Waals surface area contributed by atoms with E-state index in [2.05, 4.69) is 26.1 Å². The van der Waals surface area contributed by atoms with Gasteiger partial charge in [-0.3, -0.25) is 4.79 Å². The lowest BCUT2D eigenvalue weighted by Gasteiger charge is -2.11. The lowest BCUT2D eigenvalue weighted by molar-refractivity contribution is 0.0951. The van der Waals surface area contributed by atoms with Crippen LogP contribution in [-0.4, -0.2) is 38.1 Å². The highest BCUT2D eigenvalue weighted by atomic mass is 79.9. The highest BCUT2D eigenvalue weighted by molar-refractivity contribution is 9.10. The summed E-state index contributed by atoms with van der Waals surface area (Å²) in [5.74, 6) is 0.756. The van der Waals surface area contributed by atoms with Gasteiger partial charge in [-0.15, -0.1) is 0 Å². The zero-order chi connectivity index (χ0) is 16.7. The minimum atomic E-state index is -0.0855. The number of hydrogen-bond acceptors (Lipinski definition) is 3. The zero-order valence-electron chi connectivity index (χ0n) is 13.4. The van der Waals surface area contributed by atoms with E-state index in [1.807, 2.05) is 50.5 Å². The molecule has 1 amide bonds. The van der Waals surface area contributed by atoms with E-state index in [0.717, 1.165) is 22.3 Å². The summed E-state index contributed by atoms with van der Waals surface area (Å²) < 4.78 is 6.54. The predicted molar refractivity (Wildman–Crippen MR) is 95.8 cm³/mol. The van der Waals surface area contributed by atoms with Crippen molar-refractivity contribution in [3.05, 3.63) is 64.1 Å². The Morgan fingerprint density at radius 1 is 1.17 bits per heavy atom. The molecule has 0 saturated carbocycles. The SMILES string of the molecule is CN(C)CCOc1ccc(CNC(=O)c2cccc(Br)c2)cc1. The molecule has 0 radical (unpaired) electrons. The van der Waals surface area contributed by atoms with Crippen molar-refractivity contribution in [2.45, 2.75) is 6.54 Å². The molecule has 2 aromatic carbocycles. The molecule has 0 aromatic heterocycles. The van der Waals surface area contributed by atoms with E-state index in [-0.39, 0.29) is 5.91 Å². The van der Waals surface area contributed by atoms with Gasteiger partial charge in [0.25, 0.3) is 5.91 Å². The molecule has 122 valence electrons. The number of carbonyl (C=O) groups is 1. The molecule has 0 atom stereocenters. The van der Waals surface area contributed by atoms with Gasteiger partial charge >= 0.3 is 0 Å². The van der Waals surface area contributed by atoms with Gasteiger partial charge in [-0.1, -0.05) is 34.1 Å². The summed E-state index contributed by atoms with van der Waals surface area (Å²) in [6, 6.07) is 15.1. The van der Waals surface area contributed by atoms with Crippen LogP contribution in [0.5, 0.6) is 5.75 Å². The third-order valence-electron chi connectivity index (χ3n) is 3.27. The van der Waals surface area contributed by atoms with Gasteiger partial charge in [0.1, 0.15) is 12.4 Å². The van der Waals surface area contributed by atoms with E-state index in [1.165, 1.54) is 0 Å². The van der Waals surface area contributed by atoms with Crippen molar-refractivity contribution >= 4 is 21.8 Å². The standard InChI is InChI=1S/C18H21BrN2O2/c1-21(2)10-11-23-17-8-6-14(7-9-17)13-20-18(22)15-4-3-5-16(19)12-15/h3-9,12H,10-11,13H2,1-2H3,(H,20,22). The van der Waals surface area contributed by atoms with Crippen LogP contribution < -0.4 is 10.1 Å². The maximum atomic E-state index is 12.1. The Morgan fingerprint density at radius 3 is 2.57 bits per heavy atom. The predicted octanol–water partition coefficient (Wildman–Crippen LogP) is 3.32. The topological polar surface area (TPSA) is 41.6 Å². The first kappa shape index (κ1) is 17.5. The fourth-order valence-electron chi connectivity index (χ4n) is 1.96. The Kier molecular flexibility index (Phi) is 6.62. The fourth-order valence-corrected chi connectivity index (χ4v) is 2.36. The molecule has 5 heteroatoms. The molecule has 0 saturated heterocycles. The third-order valence-corrected chi connectivity index (χ3v) is 3.76. The highest BCUT2D eigenvalue weighted by Crippen LogP contribution is 2.13. The molecule has 0 aliphatic carbocycles. The lowest BCUT2D eigenvalue weighted by Crippen LogP contribution is -2.22. The van der Waals surface area contributed by atoms with E-state index < -0.39 is 0 Å². The van der Waals surface area contributed by atoms with Crippen LogP contribution in [-0.2, 0) is 6.54 Å². The third kappa shape index (κ3) is 6.04. The van der Waals surface area contributed by atoms with Crippen molar-refractivity contribution in [2.24, 2.45) is 0 Å². The van der Waals surface area contributed by atoms with Crippen molar-refractivity contribution in [2.75, 3.05) is 27.2 Å².